The Balaban J connectivity index is 1.49. The molecule has 0 N–H and O–H groups in total. The zero-order valence-electron chi connectivity index (χ0n) is 22.9. The number of pyridine rings is 1. The first-order chi connectivity index (χ1) is 19.1. The molecule has 15 heteroatoms. The molecule has 5 heterocycles. The molecular weight excluding hydrogens is 566 g/mol. The summed E-state index contributed by atoms with van der Waals surface area (Å²) in [6, 6.07) is 1.56. The molecule has 3 aliphatic rings. The topological polar surface area (TPSA) is 123 Å². The fourth-order valence-electron chi connectivity index (χ4n) is 5.98. The van der Waals surface area contributed by atoms with Crippen molar-refractivity contribution in [2.45, 2.75) is 62.5 Å². The fraction of sp³-hybridized carbons (Fsp3) is 0.577. The molecule has 0 aliphatic carbocycles. The number of anilines is 3. The number of piperazine rings is 1. The summed E-state index contributed by atoms with van der Waals surface area (Å²) in [6.45, 7) is 6.79. The third-order valence-corrected chi connectivity index (χ3v) is 10.8. The molecule has 3 aliphatic heterocycles. The van der Waals surface area contributed by atoms with E-state index in [1.807, 2.05) is 25.7 Å². The van der Waals surface area contributed by atoms with Crippen molar-refractivity contribution < 1.29 is 30.8 Å². The Kier molecular flexibility index (Phi) is 6.71. The zero-order chi connectivity index (χ0) is 30.1. The van der Waals surface area contributed by atoms with Gasteiger partial charge in [0.25, 0.3) is 0 Å². The van der Waals surface area contributed by atoms with E-state index in [-0.39, 0.29) is 43.7 Å². The minimum atomic E-state index is -4.75. The SMILES string of the molecule is C[C@@H]1CN(c2ncnc3c2C(C)(C)CN3c2cc(C(F)(F)F)c(C#N)cn2)[C@@H](C)CN1C(=O)[C@@]1(CF)CCS1(=O)=O. The number of amides is 1. The Morgan fingerprint density at radius 2 is 1.83 bits per heavy atom. The van der Waals surface area contributed by atoms with E-state index in [0.717, 1.165) is 12.3 Å². The third kappa shape index (κ3) is 4.38. The number of aromatic nitrogens is 3. The molecule has 10 nitrogen and oxygen atoms in total. The molecule has 2 aromatic rings. The maximum Gasteiger partial charge on any atom is 0.417 e. The van der Waals surface area contributed by atoms with Crippen molar-refractivity contribution in [3.8, 4) is 6.07 Å². The minimum Gasteiger partial charge on any atom is -0.350 e. The van der Waals surface area contributed by atoms with Crippen LogP contribution in [-0.4, -0.2) is 83.1 Å². The molecule has 3 atom stereocenters. The van der Waals surface area contributed by atoms with E-state index in [4.69, 9.17) is 5.26 Å². The van der Waals surface area contributed by atoms with Crippen molar-refractivity contribution in [1.29, 1.82) is 5.26 Å². The van der Waals surface area contributed by atoms with Crippen molar-refractivity contribution in [3.05, 3.63) is 35.3 Å². The van der Waals surface area contributed by atoms with Crippen LogP contribution < -0.4 is 9.80 Å². The number of hydrogen-bond donors (Lipinski definition) is 0. The van der Waals surface area contributed by atoms with E-state index in [0.29, 0.717) is 17.2 Å². The minimum absolute atomic E-state index is 0.0112. The maximum atomic E-state index is 14.0. The van der Waals surface area contributed by atoms with E-state index in [1.165, 1.54) is 17.3 Å². The summed E-state index contributed by atoms with van der Waals surface area (Å²) >= 11 is 0. The van der Waals surface area contributed by atoms with Crippen LogP contribution in [0.3, 0.4) is 0 Å². The second kappa shape index (κ2) is 9.50. The number of nitrogens with zero attached hydrogens (tertiary/aromatic N) is 7. The lowest BCUT2D eigenvalue weighted by Crippen LogP contribution is -2.68. The van der Waals surface area contributed by atoms with E-state index in [1.54, 1.807) is 11.8 Å². The molecule has 220 valence electrons. The highest BCUT2D eigenvalue weighted by atomic mass is 32.2. The van der Waals surface area contributed by atoms with E-state index < -0.39 is 55.9 Å². The molecule has 0 aromatic carbocycles. The van der Waals surface area contributed by atoms with Gasteiger partial charge in [0.15, 0.2) is 14.6 Å². The molecule has 41 heavy (non-hydrogen) atoms. The monoisotopic (exact) mass is 595 g/mol. The summed E-state index contributed by atoms with van der Waals surface area (Å²) in [6.07, 6.45) is -2.59. The highest BCUT2D eigenvalue weighted by molar-refractivity contribution is 7.95. The molecule has 2 aromatic heterocycles. The van der Waals surface area contributed by atoms with Gasteiger partial charge < -0.3 is 14.7 Å². The van der Waals surface area contributed by atoms with Crippen molar-refractivity contribution in [2.75, 3.05) is 41.9 Å². The van der Waals surface area contributed by atoms with E-state index >= 15 is 0 Å². The smallest absolute Gasteiger partial charge is 0.350 e. The first-order valence-corrected chi connectivity index (χ1v) is 14.7. The zero-order valence-corrected chi connectivity index (χ0v) is 23.7. The summed E-state index contributed by atoms with van der Waals surface area (Å²) in [4.78, 5) is 31.4. The lowest BCUT2D eigenvalue weighted by molar-refractivity contribution is -0.138. The van der Waals surface area contributed by atoms with Crippen LogP contribution in [0.5, 0.6) is 0 Å². The molecule has 1 amide bonds. The van der Waals surface area contributed by atoms with Gasteiger partial charge in [-0.2, -0.15) is 18.4 Å². The highest BCUT2D eigenvalue weighted by Crippen LogP contribution is 2.48. The van der Waals surface area contributed by atoms with Gasteiger partial charge in [-0.15, -0.1) is 0 Å². The van der Waals surface area contributed by atoms with Gasteiger partial charge in [-0.1, -0.05) is 13.8 Å². The van der Waals surface area contributed by atoms with Gasteiger partial charge in [0, 0.05) is 48.9 Å². The molecule has 0 unspecified atom stereocenters. The Labute approximate surface area is 234 Å². The number of alkyl halides is 4. The lowest BCUT2D eigenvalue weighted by Gasteiger charge is -2.49. The van der Waals surface area contributed by atoms with Crippen LogP contribution in [0.1, 0.15) is 50.8 Å². The summed E-state index contributed by atoms with van der Waals surface area (Å²) in [5, 5.41) is 9.16. The lowest BCUT2D eigenvalue weighted by atomic mass is 9.87. The summed E-state index contributed by atoms with van der Waals surface area (Å²) in [5.41, 5.74) is -1.62. The predicted octanol–water partition coefficient (Wildman–Crippen LogP) is 3.14. The number of fused-ring (bicyclic) bond motifs is 1. The van der Waals surface area contributed by atoms with Gasteiger partial charge in [-0.05, 0) is 26.3 Å². The fourth-order valence-corrected chi connectivity index (χ4v) is 7.56. The van der Waals surface area contributed by atoms with Crippen LogP contribution in [0.15, 0.2) is 18.6 Å². The standard InChI is InChI=1S/C26H29F4N7O3S/c1-15-11-36(23(38)25(12-27)5-6-41(25,39)40)16(2)10-35(15)21-20-22(34-14-33-21)37(13-24(20,3)4)19-7-18(26(28,29)30)17(8-31)9-32-19/h7,9,14-16H,5-6,10-13H2,1-4H3/t15-,16+,25-/m0/s1. The molecule has 5 rings (SSSR count). The Morgan fingerprint density at radius 3 is 2.39 bits per heavy atom. The number of nitriles is 1. The molecule has 2 fully saturated rings. The Morgan fingerprint density at radius 1 is 1.15 bits per heavy atom. The van der Waals surface area contributed by atoms with Crippen molar-refractivity contribution >= 4 is 33.2 Å². The van der Waals surface area contributed by atoms with Crippen LogP contribution in [0.2, 0.25) is 0 Å². The third-order valence-electron chi connectivity index (χ3n) is 8.38. The van der Waals surface area contributed by atoms with E-state index in [2.05, 4.69) is 15.0 Å². The van der Waals surface area contributed by atoms with Gasteiger partial charge in [-0.3, -0.25) is 4.79 Å². The number of halogens is 4. The van der Waals surface area contributed by atoms with Crippen molar-refractivity contribution in [2.24, 2.45) is 0 Å². The van der Waals surface area contributed by atoms with Crippen molar-refractivity contribution in [3.63, 3.8) is 0 Å². The van der Waals surface area contributed by atoms with Crippen LogP contribution in [0.4, 0.5) is 35.0 Å². The molecule has 0 spiro atoms. The summed E-state index contributed by atoms with van der Waals surface area (Å²) < 4.78 is 77.7. The number of rotatable bonds is 4. The van der Waals surface area contributed by atoms with Crippen LogP contribution in [0, 0.1) is 11.3 Å². The van der Waals surface area contributed by atoms with Gasteiger partial charge in [0.2, 0.25) is 5.91 Å². The maximum absolute atomic E-state index is 14.0. The molecule has 0 radical (unpaired) electrons. The van der Waals surface area contributed by atoms with Crippen LogP contribution in [0.25, 0.3) is 0 Å². The average molecular weight is 596 g/mol. The first kappa shape index (κ1) is 29.0. The van der Waals surface area contributed by atoms with Crippen molar-refractivity contribution in [1.82, 2.24) is 19.9 Å². The largest absolute Gasteiger partial charge is 0.417 e. The Hall–Kier alpha value is -3.54. The second-order valence-corrected chi connectivity index (χ2v) is 14.0. The second-order valence-electron chi connectivity index (χ2n) is 11.6. The number of hydrogen-bond acceptors (Lipinski definition) is 9. The number of sulfone groups is 1. The Bertz CT molecular complexity index is 1560. The van der Waals surface area contributed by atoms with Gasteiger partial charge in [0.05, 0.1) is 16.9 Å². The highest BCUT2D eigenvalue weighted by Gasteiger charge is 2.60. The predicted molar refractivity (Wildman–Crippen MR) is 141 cm³/mol. The quantitative estimate of drug-likeness (QED) is 0.491. The first-order valence-electron chi connectivity index (χ1n) is 13.0. The number of carbonyl (C=O) groups is 1. The van der Waals surface area contributed by atoms with E-state index in [9.17, 15) is 30.8 Å². The van der Waals surface area contributed by atoms with Crippen LogP contribution >= 0.6 is 0 Å². The normalized spacial score (nSPS) is 26.8. The number of carbonyl (C=O) groups excluding carboxylic acids is 1. The van der Waals surface area contributed by atoms with Gasteiger partial charge >= 0.3 is 6.18 Å². The molecule has 0 saturated carbocycles. The molecule has 0 bridgehead atoms. The van der Waals surface area contributed by atoms with Crippen LogP contribution in [-0.2, 0) is 26.2 Å². The summed E-state index contributed by atoms with van der Waals surface area (Å²) in [5.74, 6) is -0.0420. The summed E-state index contributed by atoms with van der Waals surface area (Å²) in [7, 11) is -3.86. The molecular formula is C26H29F4N7O3S. The average Bonchev–Trinajstić information content (AvgIpc) is 3.19. The van der Waals surface area contributed by atoms with Gasteiger partial charge in [-0.25, -0.2) is 27.8 Å². The molecule has 2 saturated heterocycles. The van der Waals surface area contributed by atoms with Gasteiger partial charge in [0.1, 0.15) is 36.5 Å².